The summed E-state index contributed by atoms with van der Waals surface area (Å²) in [5, 5.41) is 9.21. The number of rotatable bonds is 3. The van der Waals surface area contributed by atoms with Crippen molar-refractivity contribution in [1.82, 2.24) is 15.0 Å². The van der Waals surface area contributed by atoms with E-state index < -0.39 is 0 Å². The van der Waals surface area contributed by atoms with Crippen LogP contribution in [0.2, 0.25) is 0 Å². The first-order valence-corrected chi connectivity index (χ1v) is 16.1. The second kappa shape index (κ2) is 9.80. The molecular formula is C41H23N3OS. The summed E-state index contributed by atoms with van der Waals surface area (Å²) in [6.45, 7) is 0. The van der Waals surface area contributed by atoms with Crippen LogP contribution in [0.4, 0.5) is 0 Å². The quantitative estimate of drug-likeness (QED) is 0.188. The lowest BCUT2D eigenvalue weighted by Gasteiger charge is -2.10. The van der Waals surface area contributed by atoms with Crippen molar-refractivity contribution in [2.45, 2.75) is 0 Å². The van der Waals surface area contributed by atoms with Gasteiger partial charge in [-0.15, -0.1) is 11.3 Å². The Balaban J connectivity index is 1.28. The second-order valence-corrected chi connectivity index (χ2v) is 12.7. The highest BCUT2D eigenvalue weighted by atomic mass is 32.1. The van der Waals surface area contributed by atoms with Gasteiger partial charge in [0.1, 0.15) is 11.2 Å². The molecule has 0 fully saturated rings. The Hall–Kier alpha value is -5.91. The molecule has 0 spiro atoms. The number of fused-ring (bicyclic) bond motifs is 9. The Bertz CT molecular complexity index is 2820. The highest BCUT2D eigenvalue weighted by molar-refractivity contribution is 7.25. The summed E-state index contributed by atoms with van der Waals surface area (Å²) in [4.78, 5) is 15.4. The summed E-state index contributed by atoms with van der Waals surface area (Å²) in [6.07, 6.45) is 0. The van der Waals surface area contributed by atoms with Gasteiger partial charge in [-0.3, -0.25) is 0 Å². The molecule has 3 aromatic heterocycles. The predicted octanol–water partition coefficient (Wildman–Crippen LogP) is 11.4. The summed E-state index contributed by atoms with van der Waals surface area (Å²) in [6, 6.07) is 48.5. The maximum absolute atomic E-state index is 6.49. The zero-order valence-electron chi connectivity index (χ0n) is 24.4. The molecule has 10 aromatic rings. The van der Waals surface area contributed by atoms with Crippen molar-refractivity contribution in [3.05, 3.63) is 140 Å². The molecule has 0 atom stereocenters. The third kappa shape index (κ3) is 3.82. The number of hydrogen-bond donors (Lipinski definition) is 0. The van der Waals surface area contributed by atoms with Crippen LogP contribution in [0.1, 0.15) is 0 Å². The predicted molar refractivity (Wildman–Crippen MR) is 191 cm³/mol. The van der Waals surface area contributed by atoms with E-state index in [1.807, 2.05) is 30.3 Å². The second-order valence-electron chi connectivity index (χ2n) is 11.6. The van der Waals surface area contributed by atoms with Gasteiger partial charge in [-0.05, 0) is 51.9 Å². The zero-order valence-corrected chi connectivity index (χ0v) is 25.3. The van der Waals surface area contributed by atoms with Crippen molar-refractivity contribution in [3.8, 4) is 34.2 Å². The monoisotopic (exact) mass is 605 g/mol. The van der Waals surface area contributed by atoms with Crippen LogP contribution in [-0.2, 0) is 0 Å². The minimum atomic E-state index is 0.617. The largest absolute Gasteiger partial charge is 0.456 e. The van der Waals surface area contributed by atoms with Crippen LogP contribution in [0.15, 0.2) is 144 Å². The summed E-state index contributed by atoms with van der Waals surface area (Å²) >= 11 is 1.79. The van der Waals surface area contributed by atoms with E-state index in [1.54, 1.807) is 11.3 Å². The summed E-state index contributed by atoms with van der Waals surface area (Å²) in [5.41, 5.74) is 4.51. The Morgan fingerprint density at radius 2 is 1.09 bits per heavy atom. The number of thiophene rings is 1. The van der Waals surface area contributed by atoms with E-state index in [2.05, 4.69) is 109 Å². The minimum Gasteiger partial charge on any atom is -0.456 e. The number of hydrogen-bond acceptors (Lipinski definition) is 5. The van der Waals surface area contributed by atoms with Gasteiger partial charge in [0.25, 0.3) is 0 Å². The Labute approximate surface area is 267 Å². The SMILES string of the molecule is c1ccc(-c2nc(-c3cccc4oc5cc6ccc7ccccc7c6cc5c34)nc(-c3cccc4sc5ccccc5c34)n2)cc1. The van der Waals surface area contributed by atoms with Gasteiger partial charge in [0.05, 0.1) is 0 Å². The fourth-order valence-electron chi connectivity index (χ4n) is 6.81. The van der Waals surface area contributed by atoms with E-state index in [4.69, 9.17) is 19.4 Å². The van der Waals surface area contributed by atoms with Crippen molar-refractivity contribution < 1.29 is 4.42 Å². The molecule has 214 valence electrons. The molecule has 0 aliphatic heterocycles. The summed E-state index contributed by atoms with van der Waals surface area (Å²) < 4.78 is 8.95. The van der Waals surface area contributed by atoms with Crippen LogP contribution < -0.4 is 0 Å². The molecule has 0 saturated heterocycles. The summed E-state index contributed by atoms with van der Waals surface area (Å²) in [7, 11) is 0. The van der Waals surface area contributed by atoms with Crippen LogP contribution in [0.3, 0.4) is 0 Å². The van der Waals surface area contributed by atoms with Crippen LogP contribution in [0.5, 0.6) is 0 Å². The van der Waals surface area contributed by atoms with Crippen molar-refractivity contribution in [2.24, 2.45) is 0 Å². The average Bonchev–Trinajstić information content (AvgIpc) is 3.69. The molecule has 0 N–H and O–H groups in total. The number of nitrogens with zero attached hydrogens (tertiary/aromatic N) is 3. The zero-order chi connectivity index (χ0) is 30.2. The maximum atomic E-state index is 6.49. The third-order valence-corrected chi connectivity index (χ3v) is 10.0. The first-order valence-electron chi connectivity index (χ1n) is 15.3. The summed E-state index contributed by atoms with van der Waals surface area (Å²) in [5.74, 6) is 1.91. The molecule has 46 heavy (non-hydrogen) atoms. The molecule has 0 radical (unpaired) electrons. The van der Waals surface area contributed by atoms with Gasteiger partial charge in [0.2, 0.25) is 0 Å². The molecule has 7 aromatic carbocycles. The maximum Gasteiger partial charge on any atom is 0.164 e. The van der Waals surface area contributed by atoms with Crippen molar-refractivity contribution in [3.63, 3.8) is 0 Å². The molecular weight excluding hydrogens is 583 g/mol. The van der Waals surface area contributed by atoms with Crippen molar-refractivity contribution in [1.29, 1.82) is 0 Å². The molecule has 0 aliphatic carbocycles. The Morgan fingerprint density at radius 3 is 1.96 bits per heavy atom. The van der Waals surface area contributed by atoms with E-state index in [1.165, 1.54) is 36.3 Å². The molecule has 0 unspecified atom stereocenters. The standard InChI is InChI=1S/C41H23N3OS/c1-2-11-25(12-3-1)39-42-40(44-41(43-39)30-16-9-19-36-38(30)28-14-6-7-18-35(28)46-36)29-15-8-17-33-37(29)32-23-31-26(22-34(32)45-33)21-20-24-10-4-5-13-27(24)31/h1-23H. The Kier molecular flexibility index (Phi) is 5.41. The highest BCUT2D eigenvalue weighted by Gasteiger charge is 2.20. The Morgan fingerprint density at radius 1 is 0.413 bits per heavy atom. The van der Waals surface area contributed by atoms with Crippen molar-refractivity contribution >= 4 is 75.0 Å². The van der Waals surface area contributed by atoms with Gasteiger partial charge in [-0.2, -0.15) is 0 Å². The normalized spacial score (nSPS) is 11.9. The van der Waals surface area contributed by atoms with Crippen molar-refractivity contribution in [2.75, 3.05) is 0 Å². The van der Waals surface area contributed by atoms with Crippen LogP contribution >= 0.6 is 11.3 Å². The number of benzene rings is 7. The van der Waals surface area contributed by atoms with Crippen LogP contribution in [0, 0.1) is 0 Å². The molecule has 0 aliphatic rings. The van der Waals surface area contributed by atoms with Gasteiger partial charge in [-0.25, -0.2) is 15.0 Å². The fraction of sp³-hybridized carbons (Fsp3) is 0. The van der Waals surface area contributed by atoms with E-state index in [0.29, 0.717) is 17.5 Å². The number of furan rings is 1. The molecule has 0 bridgehead atoms. The van der Waals surface area contributed by atoms with Gasteiger partial charge in [0.15, 0.2) is 17.5 Å². The lowest BCUT2D eigenvalue weighted by Crippen LogP contribution is -2.00. The lowest BCUT2D eigenvalue weighted by atomic mass is 9.98. The number of aromatic nitrogens is 3. The topological polar surface area (TPSA) is 51.8 Å². The van der Waals surface area contributed by atoms with Gasteiger partial charge in [0, 0.05) is 47.6 Å². The molecule has 0 saturated carbocycles. The van der Waals surface area contributed by atoms with E-state index >= 15 is 0 Å². The van der Waals surface area contributed by atoms with Crippen LogP contribution in [-0.4, -0.2) is 15.0 Å². The van der Waals surface area contributed by atoms with Gasteiger partial charge >= 0.3 is 0 Å². The van der Waals surface area contributed by atoms with Gasteiger partial charge in [-0.1, -0.05) is 109 Å². The van der Waals surface area contributed by atoms with E-state index in [9.17, 15) is 0 Å². The first-order chi connectivity index (χ1) is 22.8. The van der Waals surface area contributed by atoms with E-state index in [-0.39, 0.29) is 0 Å². The van der Waals surface area contributed by atoms with E-state index in [0.717, 1.165) is 44.0 Å². The molecule has 10 rings (SSSR count). The smallest absolute Gasteiger partial charge is 0.164 e. The van der Waals surface area contributed by atoms with Gasteiger partial charge < -0.3 is 4.42 Å². The lowest BCUT2D eigenvalue weighted by molar-refractivity contribution is 0.669. The average molecular weight is 606 g/mol. The first kappa shape index (κ1) is 25.4. The molecule has 4 nitrogen and oxygen atoms in total. The van der Waals surface area contributed by atoms with Crippen LogP contribution in [0.25, 0.3) is 97.8 Å². The third-order valence-electron chi connectivity index (χ3n) is 8.91. The highest BCUT2D eigenvalue weighted by Crippen LogP contribution is 2.42. The fourth-order valence-corrected chi connectivity index (χ4v) is 7.94. The molecule has 0 amide bonds. The molecule has 3 heterocycles. The minimum absolute atomic E-state index is 0.617. The molecule has 5 heteroatoms.